The van der Waals surface area contributed by atoms with E-state index in [2.05, 4.69) is 15.2 Å². The first-order valence-electron chi connectivity index (χ1n) is 7.80. The third kappa shape index (κ3) is 4.29. The van der Waals surface area contributed by atoms with Crippen molar-refractivity contribution >= 4 is 17.8 Å². The van der Waals surface area contributed by atoms with Crippen LogP contribution in [0, 0.1) is 5.92 Å². The van der Waals surface area contributed by atoms with Gasteiger partial charge in [0.15, 0.2) is 0 Å². The van der Waals surface area contributed by atoms with Crippen molar-refractivity contribution in [2.45, 2.75) is 25.3 Å². The van der Waals surface area contributed by atoms with Crippen molar-refractivity contribution in [1.29, 1.82) is 0 Å². The fourth-order valence-electron chi connectivity index (χ4n) is 2.79. The molecule has 1 atom stereocenters. The van der Waals surface area contributed by atoms with Crippen molar-refractivity contribution < 1.29 is 10.0 Å². The lowest BCUT2D eigenvalue weighted by Gasteiger charge is -2.16. The molecule has 3 rings (SSSR count). The van der Waals surface area contributed by atoms with E-state index in [0.717, 1.165) is 30.3 Å². The number of nitrogens with one attached hydrogen (secondary N) is 2. The van der Waals surface area contributed by atoms with E-state index in [9.17, 15) is 4.79 Å². The zero-order chi connectivity index (χ0) is 15.4. The number of pyridine rings is 1. The van der Waals surface area contributed by atoms with Crippen LogP contribution in [0.1, 0.15) is 24.8 Å². The molecule has 3 N–H and O–H groups in total. The molecule has 2 fully saturated rings. The summed E-state index contributed by atoms with van der Waals surface area (Å²) in [4.78, 5) is 17.8. The predicted molar refractivity (Wildman–Crippen MR) is 84.4 cm³/mol. The Balaban J connectivity index is 1.48. The van der Waals surface area contributed by atoms with E-state index in [-0.39, 0.29) is 0 Å². The fourth-order valence-corrected chi connectivity index (χ4v) is 2.79. The average Bonchev–Trinajstić information content (AvgIpc) is 3.24. The third-order valence-electron chi connectivity index (χ3n) is 4.16. The summed E-state index contributed by atoms with van der Waals surface area (Å²) in [5.74, 6) is 1.25. The van der Waals surface area contributed by atoms with Gasteiger partial charge < -0.3 is 10.2 Å². The molecule has 0 spiro atoms. The van der Waals surface area contributed by atoms with Gasteiger partial charge >= 0.3 is 0 Å². The first-order chi connectivity index (χ1) is 10.7. The Morgan fingerprint density at radius 2 is 2.27 bits per heavy atom. The SMILES string of the molecule is O=C(/C=C/c1ccc(N[C@@H]2CCN(CC3CC3)C2)nc1)NO. The van der Waals surface area contributed by atoms with E-state index in [0.29, 0.717) is 6.04 Å². The smallest absolute Gasteiger partial charge is 0.267 e. The topological polar surface area (TPSA) is 77.5 Å². The van der Waals surface area contributed by atoms with Crippen LogP contribution in [-0.4, -0.2) is 46.7 Å². The molecule has 6 heteroatoms. The van der Waals surface area contributed by atoms with Gasteiger partial charge in [-0.3, -0.25) is 10.0 Å². The molecule has 2 heterocycles. The first-order valence-corrected chi connectivity index (χ1v) is 7.80. The Hall–Kier alpha value is -1.92. The molecular formula is C16H22N4O2. The molecule has 0 bridgehead atoms. The van der Waals surface area contributed by atoms with E-state index in [1.54, 1.807) is 17.8 Å². The Kier molecular flexibility index (Phi) is 4.70. The van der Waals surface area contributed by atoms with Crippen molar-refractivity contribution in [1.82, 2.24) is 15.4 Å². The number of hydrogen-bond acceptors (Lipinski definition) is 5. The number of carbonyl (C=O) groups is 1. The second-order valence-corrected chi connectivity index (χ2v) is 6.12. The third-order valence-corrected chi connectivity index (χ3v) is 4.16. The zero-order valence-corrected chi connectivity index (χ0v) is 12.5. The Bertz CT molecular complexity index is 540. The van der Waals surface area contributed by atoms with Crippen LogP contribution in [0.5, 0.6) is 0 Å². The minimum atomic E-state index is -0.552. The number of amides is 1. The summed E-state index contributed by atoms with van der Waals surface area (Å²) in [6.07, 6.45) is 8.54. The number of hydrogen-bond donors (Lipinski definition) is 3. The largest absolute Gasteiger partial charge is 0.366 e. The van der Waals surface area contributed by atoms with Crippen LogP contribution in [0.2, 0.25) is 0 Å². The molecule has 6 nitrogen and oxygen atoms in total. The van der Waals surface area contributed by atoms with Crippen LogP contribution in [0.25, 0.3) is 6.08 Å². The van der Waals surface area contributed by atoms with E-state index < -0.39 is 5.91 Å². The van der Waals surface area contributed by atoms with Crippen molar-refractivity contribution in [2.75, 3.05) is 25.0 Å². The highest BCUT2D eigenvalue weighted by Gasteiger charge is 2.29. The van der Waals surface area contributed by atoms with Gasteiger partial charge in [0.05, 0.1) is 0 Å². The average molecular weight is 302 g/mol. The molecule has 0 radical (unpaired) electrons. The number of likely N-dealkylation sites (tertiary alicyclic amines) is 1. The summed E-state index contributed by atoms with van der Waals surface area (Å²) in [7, 11) is 0. The lowest BCUT2D eigenvalue weighted by atomic mass is 10.2. The molecule has 22 heavy (non-hydrogen) atoms. The molecule has 1 aromatic heterocycles. The number of rotatable bonds is 6. The maximum Gasteiger partial charge on any atom is 0.267 e. The molecule has 0 aromatic carbocycles. The van der Waals surface area contributed by atoms with Gasteiger partial charge in [-0.2, -0.15) is 0 Å². The molecule has 2 aliphatic rings. The van der Waals surface area contributed by atoms with Crippen molar-refractivity contribution in [3.8, 4) is 0 Å². The Morgan fingerprint density at radius 3 is 2.95 bits per heavy atom. The van der Waals surface area contributed by atoms with E-state index in [1.165, 1.54) is 32.0 Å². The van der Waals surface area contributed by atoms with Gasteiger partial charge in [0.25, 0.3) is 5.91 Å². The Morgan fingerprint density at radius 1 is 1.41 bits per heavy atom. The number of hydroxylamine groups is 1. The summed E-state index contributed by atoms with van der Waals surface area (Å²) < 4.78 is 0. The molecule has 1 aromatic rings. The predicted octanol–water partition coefficient (Wildman–Crippen LogP) is 1.50. The highest BCUT2D eigenvalue weighted by Crippen LogP contribution is 2.31. The van der Waals surface area contributed by atoms with Crippen LogP contribution >= 0.6 is 0 Å². The van der Waals surface area contributed by atoms with Crippen molar-refractivity contribution in [2.24, 2.45) is 5.92 Å². The zero-order valence-electron chi connectivity index (χ0n) is 12.5. The summed E-state index contributed by atoms with van der Waals surface area (Å²) >= 11 is 0. The van der Waals surface area contributed by atoms with Gasteiger partial charge in [0.2, 0.25) is 0 Å². The maximum atomic E-state index is 10.9. The first kappa shape index (κ1) is 15.0. The van der Waals surface area contributed by atoms with Gasteiger partial charge in [-0.15, -0.1) is 0 Å². The highest BCUT2D eigenvalue weighted by atomic mass is 16.5. The summed E-state index contributed by atoms with van der Waals surface area (Å²) in [5.41, 5.74) is 2.37. The van der Waals surface area contributed by atoms with Gasteiger partial charge in [0, 0.05) is 37.9 Å². The van der Waals surface area contributed by atoms with Gasteiger partial charge in [0.1, 0.15) is 5.82 Å². The molecule has 118 valence electrons. The van der Waals surface area contributed by atoms with E-state index in [1.807, 2.05) is 12.1 Å². The van der Waals surface area contributed by atoms with Gasteiger partial charge in [-0.1, -0.05) is 0 Å². The number of aromatic nitrogens is 1. The molecule has 1 saturated carbocycles. The number of anilines is 1. The monoisotopic (exact) mass is 302 g/mol. The van der Waals surface area contributed by atoms with E-state index >= 15 is 0 Å². The lowest BCUT2D eigenvalue weighted by molar-refractivity contribution is -0.124. The minimum absolute atomic E-state index is 0.466. The van der Waals surface area contributed by atoms with Crippen LogP contribution < -0.4 is 10.8 Å². The van der Waals surface area contributed by atoms with Crippen LogP contribution in [0.15, 0.2) is 24.4 Å². The molecule has 1 aliphatic heterocycles. The van der Waals surface area contributed by atoms with Crippen LogP contribution in [-0.2, 0) is 4.79 Å². The highest BCUT2D eigenvalue weighted by molar-refractivity contribution is 5.90. The van der Waals surface area contributed by atoms with Crippen molar-refractivity contribution in [3.05, 3.63) is 30.0 Å². The number of carbonyl (C=O) groups excluding carboxylic acids is 1. The summed E-state index contributed by atoms with van der Waals surface area (Å²) in [6, 6.07) is 4.28. The minimum Gasteiger partial charge on any atom is -0.366 e. The Labute approximate surface area is 130 Å². The second-order valence-electron chi connectivity index (χ2n) is 6.12. The van der Waals surface area contributed by atoms with Crippen LogP contribution in [0.3, 0.4) is 0 Å². The second kappa shape index (κ2) is 6.89. The van der Waals surface area contributed by atoms with E-state index in [4.69, 9.17) is 5.21 Å². The van der Waals surface area contributed by atoms with Crippen LogP contribution in [0.4, 0.5) is 5.82 Å². The maximum absolute atomic E-state index is 10.9. The lowest BCUT2D eigenvalue weighted by Crippen LogP contribution is -2.28. The molecule has 0 unspecified atom stereocenters. The fraction of sp³-hybridized carbons (Fsp3) is 0.500. The molecule has 1 aliphatic carbocycles. The summed E-state index contributed by atoms with van der Waals surface area (Å²) in [6.45, 7) is 3.52. The van der Waals surface area contributed by atoms with Gasteiger partial charge in [-0.25, -0.2) is 10.5 Å². The number of nitrogens with zero attached hydrogens (tertiary/aromatic N) is 2. The molecular weight excluding hydrogens is 280 g/mol. The summed E-state index contributed by atoms with van der Waals surface area (Å²) in [5, 5.41) is 11.9. The standard InChI is InChI=1S/C16H22N4O2/c21-16(19-22)6-4-12-3-5-15(17-9-12)18-14-7-8-20(11-14)10-13-1-2-13/h3-6,9,13-14,22H,1-2,7-8,10-11H2,(H,17,18)(H,19,21)/b6-4+/t14-/m1/s1. The normalized spacial score (nSPS) is 22.1. The quantitative estimate of drug-likeness (QED) is 0.422. The molecule has 1 amide bonds. The molecule has 1 saturated heterocycles. The van der Waals surface area contributed by atoms with Gasteiger partial charge in [-0.05, 0) is 49.0 Å². The van der Waals surface area contributed by atoms with Crippen molar-refractivity contribution in [3.63, 3.8) is 0 Å².